The Morgan fingerprint density at radius 2 is 2.00 bits per heavy atom. The standard InChI is InChI=1S/C13H14N2O/c1-15(7-6-14)13(16)12-8-10-4-2-3-5-11(10)9-12/h2-5,12H,7-9H2,1H3. The first-order valence-electron chi connectivity index (χ1n) is 5.41. The summed E-state index contributed by atoms with van der Waals surface area (Å²) in [7, 11) is 1.69. The lowest BCUT2D eigenvalue weighted by Crippen LogP contribution is -2.33. The van der Waals surface area contributed by atoms with Crippen LogP contribution in [0.25, 0.3) is 0 Å². The largest absolute Gasteiger partial charge is 0.332 e. The number of amides is 1. The first kappa shape index (κ1) is 10.7. The fraction of sp³-hybridized carbons (Fsp3) is 0.385. The molecule has 0 saturated heterocycles. The monoisotopic (exact) mass is 214 g/mol. The molecular formula is C13H14N2O. The van der Waals surface area contributed by atoms with Crippen molar-refractivity contribution in [2.75, 3.05) is 13.6 Å². The summed E-state index contributed by atoms with van der Waals surface area (Å²) in [5.41, 5.74) is 2.54. The molecule has 0 aliphatic heterocycles. The Morgan fingerprint density at radius 3 is 2.50 bits per heavy atom. The van der Waals surface area contributed by atoms with Crippen LogP contribution in [0.15, 0.2) is 24.3 Å². The maximum Gasteiger partial charge on any atom is 0.226 e. The minimum absolute atomic E-state index is 0.0238. The van der Waals surface area contributed by atoms with Gasteiger partial charge in [-0.3, -0.25) is 4.79 Å². The number of nitriles is 1. The van der Waals surface area contributed by atoms with E-state index in [2.05, 4.69) is 12.1 Å². The Hall–Kier alpha value is -1.82. The Labute approximate surface area is 95.3 Å². The van der Waals surface area contributed by atoms with Crippen LogP contribution in [-0.2, 0) is 17.6 Å². The topological polar surface area (TPSA) is 44.1 Å². The van der Waals surface area contributed by atoms with Crippen molar-refractivity contribution in [2.24, 2.45) is 5.92 Å². The van der Waals surface area contributed by atoms with Crippen molar-refractivity contribution in [1.82, 2.24) is 4.90 Å². The molecule has 1 amide bonds. The van der Waals surface area contributed by atoms with Crippen LogP contribution in [0.3, 0.4) is 0 Å². The molecule has 1 aromatic carbocycles. The van der Waals surface area contributed by atoms with E-state index in [-0.39, 0.29) is 18.4 Å². The molecule has 2 rings (SSSR count). The molecule has 0 saturated carbocycles. The van der Waals surface area contributed by atoms with E-state index in [0.29, 0.717) is 0 Å². The van der Waals surface area contributed by atoms with E-state index >= 15 is 0 Å². The molecule has 1 aliphatic carbocycles. The van der Waals surface area contributed by atoms with Gasteiger partial charge in [0.15, 0.2) is 0 Å². The fourth-order valence-corrected chi connectivity index (χ4v) is 2.23. The number of hydrogen-bond donors (Lipinski definition) is 0. The summed E-state index contributed by atoms with van der Waals surface area (Å²) in [6, 6.07) is 10.2. The van der Waals surface area contributed by atoms with Crippen LogP contribution in [-0.4, -0.2) is 24.4 Å². The average molecular weight is 214 g/mol. The molecule has 0 atom stereocenters. The van der Waals surface area contributed by atoms with Crippen LogP contribution in [0.4, 0.5) is 0 Å². The van der Waals surface area contributed by atoms with Gasteiger partial charge >= 0.3 is 0 Å². The third-order valence-corrected chi connectivity index (χ3v) is 3.08. The van der Waals surface area contributed by atoms with E-state index in [0.717, 1.165) is 12.8 Å². The third kappa shape index (κ3) is 1.92. The predicted octanol–water partition coefficient (Wildman–Crippen LogP) is 1.38. The molecule has 1 aliphatic rings. The van der Waals surface area contributed by atoms with Crippen LogP contribution in [0.1, 0.15) is 11.1 Å². The van der Waals surface area contributed by atoms with E-state index < -0.39 is 0 Å². The molecule has 0 unspecified atom stereocenters. The van der Waals surface area contributed by atoms with Gasteiger partial charge in [0.2, 0.25) is 5.91 Å². The zero-order chi connectivity index (χ0) is 11.5. The van der Waals surface area contributed by atoms with Crippen molar-refractivity contribution in [3.63, 3.8) is 0 Å². The van der Waals surface area contributed by atoms with Gasteiger partial charge in [-0.15, -0.1) is 0 Å². The number of carbonyl (C=O) groups excluding carboxylic acids is 1. The highest BCUT2D eigenvalue weighted by molar-refractivity contribution is 5.80. The zero-order valence-electron chi connectivity index (χ0n) is 9.31. The maximum absolute atomic E-state index is 12.0. The minimum Gasteiger partial charge on any atom is -0.332 e. The SMILES string of the molecule is CN(CC#N)C(=O)C1Cc2ccccc2C1. The molecule has 0 aromatic heterocycles. The van der Waals surface area contributed by atoms with Gasteiger partial charge in [-0.2, -0.15) is 5.26 Å². The third-order valence-electron chi connectivity index (χ3n) is 3.08. The number of carbonyl (C=O) groups is 1. The molecule has 0 N–H and O–H groups in total. The van der Waals surface area contributed by atoms with Crippen LogP contribution in [0.5, 0.6) is 0 Å². The van der Waals surface area contributed by atoms with E-state index in [9.17, 15) is 4.79 Å². The summed E-state index contributed by atoms with van der Waals surface area (Å²) < 4.78 is 0. The van der Waals surface area contributed by atoms with Gasteiger partial charge in [0.25, 0.3) is 0 Å². The molecule has 0 heterocycles. The maximum atomic E-state index is 12.0. The molecule has 0 spiro atoms. The lowest BCUT2D eigenvalue weighted by Gasteiger charge is -2.17. The molecular weight excluding hydrogens is 200 g/mol. The second-order valence-electron chi connectivity index (χ2n) is 4.23. The average Bonchev–Trinajstić information content (AvgIpc) is 2.71. The summed E-state index contributed by atoms with van der Waals surface area (Å²) in [5.74, 6) is 0.105. The van der Waals surface area contributed by atoms with Gasteiger partial charge in [-0.25, -0.2) is 0 Å². The number of hydrogen-bond acceptors (Lipinski definition) is 2. The lowest BCUT2D eigenvalue weighted by atomic mass is 10.1. The van der Waals surface area contributed by atoms with E-state index in [1.54, 1.807) is 7.05 Å². The minimum atomic E-state index is 0.0238. The van der Waals surface area contributed by atoms with Crippen LogP contribution >= 0.6 is 0 Å². The van der Waals surface area contributed by atoms with Gasteiger partial charge in [-0.1, -0.05) is 24.3 Å². The molecule has 0 fully saturated rings. The molecule has 3 heteroatoms. The van der Waals surface area contributed by atoms with Gasteiger partial charge in [0.05, 0.1) is 6.07 Å². The first-order chi connectivity index (χ1) is 7.72. The highest BCUT2D eigenvalue weighted by Gasteiger charge is 2.28. The van der Waals surface area contributed by atoms with Crippen molar-refractivity contribution < 1.29 is 4.79 Å². The highest BCUT2D eigenvalue weighted by atomic mass is 16.2. The molecule has 16 heavy (non-hydrogen) atoms. The Balaban J connectivity index is 2.07. The number of rotatable bonds is 2. The second-order valence-corrected chi connectivity index (χ2v) is 4.23. The van der Waals surface area contributed by atoms with Crippen LogP contribution < -0.4 is 0 Å². The fourth-order valence-electron chi connectivity index (χ4n) is 2.23. The number of nitrogens with zero attached hydrogens (tertiary/aromatic N) is 2. The van der Waals surface area contributed by atoms with Crippen LogP contribution in [0, 0.1) is 17.2 Å². The molecule has 0 bridgehead atoms. The summed E-state index contributed by atoms with van der Waals surface area (Å²) >= 11 is 0. The predicted molar refractivity (Wildman–Crippen MR) is 60.6 cm³/mol. The van der Waals surface area contributed by atoms with Crippen LogP contribution in [0.2, 0.25) is 0 Å². The smallest absolute Gasteiger partial charge is 0.226 e. The summed E-state index contributed by atoms with van der Waals surface area (Å²) in [6.07, 6.45) is 1.62. The zero-order valence-corrected chi connectivity index (χ0v) is 9.31. The van der Waals surface area contributed by atoms with Crippen molar-refractivity contribution in [2.45, 2.75) is 12.8 Å². The summed E-state index contributed by atoms with van der Waals surface area (Å²) in [4.78, 5) is 13.5. The normalized spacial score (nSPS) is 14.2. The van der Waals surface area contributed by atoms with Crippen molar-refractivity contribution >= 4 is 5.91 Å². The van der Waals surface area contributed by atoms with Crippen molar-refractivity contribution in [3.8, 4) is 6.07 Å². The van der Waals surface area contributed by atoms with Gasteiger partial charge < -0.3 is 4.90 Å². The molecule has 1 aromatic rings. The number of benzene rings is 1. The summed E-state index contributed by atoms with van der Waals surface area (Å²) in [5, 5.41) is 8.56. The molecule has 3 nitrogen and oxygen atoms in total. The highest BCUT2D eigenvalue weighted by Crippen LogP contribution is 2.27. The van der Waals surface area contributed by atoms with Gasteiger partial charge in [-0.05, 0) is 24.0 Å². The van der Waals surface area contributed by atoms with E-state index in [4.69, 9.17) is 5.26 Å². The molecule has 0 radical (unpaired) electrons. The number of fused-ring (bicyclic) bond motifs is 1. The van der Waals surface area contributed by atoms with Gasteiger partial charge in [0, 0.05) is 13.0 Å². The second kappa shape index (κ2) is 4.36. The van der Waals surface area contributed by atoms with Crippen molar-refractivity contribution in [3.05, 3.63) is 35.4 Å². The van der Waals surface area contributed by atoms with E-state index in [1.165, 1.54) is 16.0 Å². The molecule has 82 valence electrons. The Kier molecular flexibility index (Phi) is 2.91. The van der Waals surface area contributed by atoms with Gasteiger partial charge in [0.1, 0.15) is 6.54 Å². The van der Waals surface area contributed by atoms with E-state index in [1.807, 2.05) is 18.2 Å². The first-order valence-corrected chi connectivity index (χ1v) is 5.41. The Bertz CT molecular complexity index is 422. The quantitative estimate of drug-likeness (QED) is 0.698. The Morgan fingerprint density at radius 1 is 1.44 bits per heavy atom. The lowest BCUT2D eigenvalue weighted by molar-refractivity contribution is -0.133. The summed E-state index contributed by atoms with van der Waals surface area (Å²) in [6.45, 7) is 0.172. The van der Waals surface area contributed by atoms with Crippen molar-refractivity contribution in [1.29, 1.82) is 5.26 Å².